The van der Waals surface area contributed by atoms with E-state index in [4.69, 9.17) is 21.1 Å². The zero-order valence-electron chi connectivity index (χ0n) is 17.4. The summed E-state index contributed by atoms with van der Waals surface area (Å²) in [7, 11) is 0. The highest BCUT2D eigenvalue weighted by atomic mass is 35.5. The van der Waals surface area contributed by atoms with Crippen LogP contribution < -0.4 is 10.1 Å². The zero-order chi connectivity index (χ0) is 21.7. The molecule has 2 aromatic rings. The molecule has 1 fully saturated rings. The third-order valence-electron chi connectivity index (χ3n) is 4.68. The SMILES string of the molecule is CC(C)(C)OC(=O)N1CCC(COc2cccc(F)c2NCc2cnc(Cl)s2)CC1. The maximum Gasteiger partial charge on any atom is 0.410 e. The molecule has 0 saturated carbocycles. The quantitative estimate of drug-likeness (QED) is 0.616. The first kappa shape index (κ1) is 22.6. The summed E-state index contributed by atoms with van der Waals surface area (Å²) in [6.45, 7) is 7.72. The van der Waals surface area contributed by atoms with E-state index in [9.17, 15) is 9.18 Å². The molecule has 1 N–H and O–H groups in total. The summed E-state index contributed by atoms with van der Waals surface area (Å²) >= 11 is 7.20. The number of hydrogen-bond donors (Lipinski definition) is 1. The van der Waals surface area contributed by atoms with Gasteiger partial charge < -0.3 is 19.7 Å². The van der Waals surface area contributed by atoms with Crippen LogP contribution in [0.25, 0.3) is 0 Å². The number of benzene rings is 1. The van der Waals surface area contributed by atoms with Crippen LogP contribution in [0.15, 0.2) is 24.4 Å². The van der Waals surface area contributed by atoms with Gasteiger partial charge in [-0.15, -0.1) is 11.3 Å². The van der Waals surface area contributed by atoms with Gasteiger partial charge in [0.25, 0.3) is 0 Å². The van der Waals surface area contributed by atoms with Crippen molar-refractivity contribution in [2.75, 3.05) is 25.0 Å². The molecule has 1 saturated heterocycles. The van der Waals surface area contributed by atoms with Crippen LogP contribution in [0.4, 0.5) is 14.9 Å². The van der Waals surface area contributed by atoms with Crippen molar-refractivity contribution in [1.29, 1.82) is 0 Å². The number of anilines is 1. The monoisotopic (exact) mass is 455 g/mol. The molecule has 0 atom stereocenters. The van der Waals surface area contributed by atoms with Crippen LogP contribution in [0.3, 0.4) is 0 Å². The molecular weight excluding hydrogens is 429 g/mol. The van der Waals surface area contributed by atoms with Gasteiger partial charge in [-0.3, -0.25) is 0 Å². The van der Waals surface area contributed by atoms with Gasteiger partial charge in [-0.1, -0.05) is 17.7 Å². The molecule has 1 amide bonds. The molecule has 0 aliphatic carbocycles. The zero-order valence-corrected chi connectivity index (χ0v) is 19.0. The molecule has 164 valence electrons. The van der Waals surface area contributed by atoms with E-state index in [1.54, 1.807) is 23.2 Å². The Morgan fingerprint density at radius 3 is 2.73 bits per heavy atom. The number of hydrogen-bond acceptors (Lipinski definition) is 6. The van der Waals surface area contributed by atoms with E-state index >= 15 is 0 Å². The Balaban J connectivity index is 1.51. The van der Waals surface area contributed by atoms with Crippen LogP contribution in [0.1, 0.15) is 38.5 Å². The summed E-state index contributed by atoms with van der Waals surface area (Å²) in [5.41, 5.74) is -0.171. The minimum absolute atomic E-state index is 0.276. The molecule has 30 heavy (non-hydrogen) atoms. The molecule has 3 rings (SSSR count). The van der Waals surface area contributed by atoms with Gasteiger partial charge in [-0.2, -0.15) is 0 Å². The van der Waals surface area contributed by atoms with Gasteiger partial charge in [0, 0.05) is 24.2 Å². The minimum atomic E-state index is -0.498. The van der Waals surface area contributed by atoms with E-state index in [-0.39, 0.29) is 11.9 Å². The van der Waals surface area contributed by atoms with Crippen molar-refractivity contribution in [3.63, 3.8) is 0 Å². The van der Waals surface area contributed by atoms with Gasteiger partial charge >= 0.3 is 6.09 Å². The van der Waals surface area contributed by atoms with Gasteiger partial charge in [0.1, 0.15) is 22.9 Å². The van der Waals surface area contributed by atoms with Crippen LogP contribution >= 0.6 is 22.9 Å². The lowest BCUT2D eigenvalue weighted by molar-refractivity contribution is 0.0165. The first-order valence-electron chi connectivity index (χ1n) is 9.94. The average molecular weight is 456 g/mol. The molecule has 1 aromatic carbocycles. The van der Waals surface area contributed by atoms with Crippen LogP contribution in [0.2, 0.25) is 4.47 Å². The summed E-state index contributed by atoms with van der Waals surface area (Å²) < 4.78 is 26.2. The van der Waals surface area contributed by atoms with Crippen LogP contribution in [-0.4, -0.2) is 41.3 Å². The lowest BCUT2D eigenvalue weighted by Gasteiger charge is -2.33. The lowest BCUT2D eigenvalue weighted by atomic mass is 9.98. The lowest BCUT2D eigenvalue weighted by Crippen LogP contribution is -2.42. The van der Waals surface area contributed by atoms with E-state index in [0.29, 0.717) is 48.1 Å². The van der Waals surface area contributed by atoms with E-state index in [1.807, 2.05) is 20.8 Å². The van der Waals surface area contributed by atoms with Crippen LogP contribution in [0, 0.1) is 11.7 Å². The first-order valence-corrected chi connectivity index (χ1v) is 11.1. The number of halogens is 2. The molecule has 0 unspecified atom stereocenters. The number of nitrogens with zero attached hydrogens (tertiary/aromatic N) is 2. The number of nitrogens with one attached hydrogen (secondary N) is 1. The number of para-hydroxylation sites is 1. The Labute approximate surface area is 185 Å². The Bertz CT molecular complexity index is 863. The predicted octanol–water partition coefficient (Wildman–Crippen LogP) is 5.57. The third-order valence-corrected chi connectivity index (χ3v) is 5.80. The second-order valence-corrected chi connectivity index (χ2v) is 9.97. The fourth-order valence-electron chi connectivity index (χ4n) is 3.15. The molecule has 2 heterocycles. The number of piperidine rings is 1. The third kappa shape index (κ3) is 6.47. The first-order chi connectivity index (χ1) is 14.2. The Hall–Kier alpha value is -2.06. The van der Waals surface area contributed by atoms with Crippen molar-refractivity contribution in [2.24, 2.45) is 5.92 Å². The number of ether oxygens (including phenoxy) is 2. The summed E-state index contributed by atoms with van der Waals surface area (Å²) in [5, 5.41) is 3.08. The second-order valence-electron chi connectivity index (χ2n) is 8.27. The van der Waals surface area contributed by atoms with Crippen molar-refractivity contribution >= 4 is 34.7 Å². The number of likely N-dealkylation sites (tertiary alicyclic amines) is 1. The van der Waals surface area contributed by atoms with E-state index in [0.717, 1.165) is 17.7 Å². The molecule has 1 aliphatic heterocycles. The number of carbonyl (C=O) groups is 1. The molecular formula is C21H27ClFN3O3S. The highest BCUT2D eigenvalue weighted by molar-refractivity contribution is 7.15. The van der Waals surface area contributed by atoms with Crippen LogP contribution in [-0.2, 0) is 11.3 Å². The van der Waals surface area contributed by atoms with E-state index in [2.05, 4.69) is 10.3 Å². The normalized spacial score (nSPS) is 15.2. The molecule has 1 aromatic heterocycles. The molecule has 9 heteroatoms. The summed E-state index contributed by atoms with van der Waals surface area (Å²) in [6.07, 6.45) is 3.02. The minimum Gasteiger partial charge on any atom is -0.491 e. The Morgan fingerprint density at radius 1 is 1.37 bits per heavy atom. The van der Waals surface area contributed by atoms with Crippen molar-refractivity contribution in [1.82, 2.24) is 9.88 Å². The number of thiazole rings is 1. The van der Waals surface area contributed by atoms with Gasteiger partial charge in [-0.25, -0.2) is 14.2 Å². The largest absolute Gasteiger partial charge is 0.491 e. The molecule has 0 spiro atoms. The molecule has 0 bridgehead atoms. The number of amides is 1. The number of carbonyl (C=O) groups excluding carboxylic acids is 1. The fraction of sp³-hybridized carbons (Fsp3) is 0.524. The number of aromatic nitrogens is 1. The second kappa shape index (κ2) is 9.83. The Kier molecular flexibility index (Phi) is 7.41. The highest BCUT2D eigenvalue weighted by Gasteiger charge is 2.27. The summed E-state index contributed by atoms with van der Waals surface area (Å²) in [5.74, 6) is 0.392. The smallest absolute Gasteiger partial charge is 0.410 e. The van der Waals surface area contributed by atoms with Gasteiger partial charge in [0.2, 0.25) is 0 Å². The van der Waals surface area contributed by atoms with Crippen molar-refractivity contribution in [3.8, 4) is 5.75 Å². The van der Waals surface area contributed by atoms with Gasteiger partial charge in [0.15, 0.2) is 4.47 Å². The van der Waals surface area contributed by atoms with Crippen LogP contribution in [0.5, 0.6) is 5.75 Å². The standard InChI is InChI=1S/C21H27ClFN3O3S/c1-21(2,3)29-20(27)26-9-7-14(8-10-26)13-28-17-6-4-5-16(23)18(17)24-11-15-12-25-19(22)30-15/h4-6,12,14,24H,7-11,13H2,1-3H3. The van der Waals surface area contributed by atoms with E-state index in [1.165, 1.54) is 17.4 Å². The van der Waals surface area contributed by atoms with Crippen molar-refractivity contribution in [3.05, 3.63) is 39.6 Å². The molecule has 1 aliphatic rings. The Morgan fingerprint density at radius 2 is 2.10 bits per heavy atom. The molecule has 0 radical (unpaired) electrons. The highest BCUT2D eigenvalue weighted by Crippen LogP contribution is 2.30. The van der Waals surface area contributed by atoms with Crippen molar-refractivity contribution in [2.45, 2.75) is 45.8 Å². The predicted molar refractivity (Wildman–Crippen MR) is 117 cm³/mol. The fourth-order valence-corrected chi connectivity index (χ4v) is 4.07. The van der Waals surface area contributed by atoms with E-state index < -0.39 is 5.60 Å². The van der Waals surface area contributed by atoms with Gasteiger partial charge in [-0.05, 0) is 51.7 Å². The number of rotatable bonds is 6. The average Bonchev–Trinajstić information content (AvgIpc) is 3.10. The summed E-state index contributed by atoms with van der Waals surface area (Å²) in [6, 6.07) is 4.78. The maximum atomic E-state index is 14.4. The molecule has 6 nitrogen and oxygen atoms in total. The van der Waals surface area contributed by atoms with Crippen molar-refractivity contribution < 1.29 is 18.7 Å². The topological polar surface area (TPSA) is 63.7 Å². The summed E-state index contributed by atoms with van der Waals surface area (Å²) in [4.78, 5) is 18.8. The maximum absolute atomic E-state index is 14.4. The van der Waals surface area contributed by atoms with Gasteiger partial charge in [0.05, 0.1) is 13.2 Å².